The fourth-order valence-electron chi connectivity index (χ4n) is 2.97. The van der Waals surface area contributed by atoms with Crippen LogP contribution in [0, 0.1) is 12.8 Å². The van der Waals surface area contributed by atoms with Gasteiger partial charge in [0, 0.05) is 17.2 Å². The van der Waals surface area contributed by atoms with Crippen molar-refractivity contribution in [3.63, 3.8) is 0 Å². The summed E-state index contributed by atoms with van der Waals surface area (Å²) in [6.07, 6.45) is 2.56. The van der Waals surface area contributed by atoms with E-state index in [1.165, 1.54) is 0 Å². The quantitative estimate of drug-likeness (QED) is 0.870. The van der Waals surface area contributed by atoms with E-state index in [2.05, 4.69) is 5.32 Å². The Hall–Kier alpha value is -2.24. The fraction of sp³-hybridized carbons (Fsp3) is 0.529. The van der Waals surface area contributed by atoms with Gasteiger partial charge in [0.1, 0.15) is 11.5 Å². The highest BCUT2D eigenvalue weighted by Crippen LogP contribution is 2.30. The van der Waals surface area contributed by atoms with Crippen LogP contribution in [-0.2, 0) is 4.79 Å². The van der Waals surface area contributed by atoms with Gasteiger partial charge >= 0.3 is 5.97 Å². The minimum atomic E-state index is -0.747. The molecule has 0 saturated heterocycles. The predicted molar refractivity (Wildman–Crippen MR) is 85.1 cm³/mol. The Morgan fingerprint density at radius 1 is 1.09 bits per heavy atom. The van der Waals surface area contributed by atoms with Crippen LogP contribution in [0.15, 0.2) is 12.1 Å². The summed E-state index contributed by atoms with van der Waals surface area (Å²) in [5.74, 6) is -0.0287. The van der Waals surface area contributed by atoms with Gasteiger partial charge in [-0.1, -0.05) is 0 Å². The molecule has 2 N–H and O–H groups in total. The molecule has 1 aliphatic carbocycles. The Labute approximate surface area is 135 Å². The van der Waals surface area contributed by atoms with E-state index >= 15 is 0 Å². The van der Waals surface area contributed by atoms with Crippen LogP contribution in [-0.4, -0.2) is 37.2 Å². The zero-order valence-corrected chi connectivity index (χ0v) is 13.7. The maximum absolute atomic E-state index is 12.4. The average molecular weight is 321 g/mol. The molecule has 1 fully saturated rings. The number of aliphatic carboxylic acids is 1. The summed E-state index contributed by atoms with van der Waals surface area (Å²) in [4.78, 5) is 23.4. The molecular weight excluding hydrogens is 298 g/mol. The van der Waals surface area contributed by atoms with Gasteiger partial charge in [-0.2, -0.15) is 0 Å². The molecule has 0 aromatic heterocycles. The number of rotatable bonds is 5. The van der Waals surface area contributed by atoms with Crippen LogP contribution in [0.25, 0.3) is 0 Å². The summed E-state index contributed by atoms with van der Waals surface area (Å²) in [5, 5.41) is 12.0. The summed E-state index contributed by atoms with van der Waals surface area (Å²) in [5.41, 5.74) is 1.32. The van der Waals surface area contributed by atoms with Crippen LogP contribution in [0.5, 0.6) is 11.5 Å². The minimum Gasteiger partial charge on any atom is -0.496 e. The molecule has 0 spiro atoms. The van der Waals surface area contributed by atoms with E-state index in [4.69, 9.17) is 14.6 Å². The molecule has 0 heterocycles. The highest BCUT2D eigenvalue weighted by Gasteiger charge is 2.27. The maximum Gasteiger partial charge on any atom is 0.306 e. The number of methoxy groups -OCH3 is 2. The number of carbonyl (C=O) groups excluding carboxylic acids is 1. The van der Waals surface area contributed by atoms with Crippen molar-refractivity contribution in [1.29, 1.82) is 0 Å². The number of ether oxygens (including phenoxy) is 2. The van der Waals surface area contributed by atoms with Crippen molar-refractivity contribution >= 4 is 11.9 Å². The third kappa shape index (κ3) is 3.94. The highest BCUT2D eigenvalue weighted by atomic mass is 16.5. The number of nitrogens with one attached hydrogen (secondary N) is 1. The maximum atomic E-state index is 12.4. The number of hydrogen-bond acceptors (Lipinski definition) is 4. The van der Waals surface area contributed by atoms with Crippen molar-refractivity contribution in [3.8, 4) is 11.5 Å². The topological polar surface area (TPSA) is 84.9 Å². The molecule has 1 aliphatic rings. The standard InChI is InChI=1S/C17H23NO5/c1-10-14(22-2)8-12(9-15(10)23-3)16(19)18-13-6-4-11(5-7-13)17(20)21/h8-9,11,13H,4-7H2,1-3H3,(H,18,19)(H,20,21). The lowest BCUT2D eigenvalue weighted by molar-refractivity contribution is -0.142. The average Bonchev–Trinajstić information content (AvgIpc) is 2.55. The predicted octanol–water partition coefficient (Wildman–Crippen LogP) is 2.39. The zero-order chi connectivity index (χ0) is 17.0. The second-order valence-corrected chi connectivity index (χ2v) is 5.87. The van der Waals surface area contributed by atoms with Crippen LogP contribution in [0.2, 0.25) is 0 Å². The molecule has 2 rings (SSSR count). The van der Waals surface area contributed by atoms with Crippen LogP contribution in [0.4, 0.5) is 0 Å². The van der Waals surface area contributed by atoms with E-state index in [9.17, 15) is 9.59 Å². The molecule has 126 valence electrons. The first kappa shape index (κ1) is 17.1. The van der Waals surface area contributed by atoms with Gasteiger partial charge < -0.3 is 19.9 Å². The Morgan fingerprint density at radius 3 is 2.04 bits per heavy atom. The van der Waals surface area contributed by atoms with Gasteiger partial charge in [-0.25, -0.2) is 0 Å². The lowest BCUT2D eigenvalue weighted by Gasteiger charge is -2.27. The van der Waals surface area contributed by atoms with Crippen LogP contribution in [0.3, 0.4) is 0 Å². The number of carboxylic acids is 1. The van der Waals surface area contributed by atoms with E-state index in [1.54, 1.807) is 26.4 Å². The largest absolute Gasteiger partial charge is 0.496 e. The van der Waals surface area contributed by atoms with Gasteiger partial charge in [-0.15, -0.1) is 0 Å². The van der Waals surface area contributed by atoms with E-state index in [-0.39, 0.29) is 17.9 Å². The van der Waals surface area contributed by atoms with Gasteiger partial charge in [0.25, 0.3) is 5.91 Å². The molecule has 0 bridgehead atoms. The second kappa shape index (κ2) is 7.35. The molecule has 6 heteroatoms. The molecule has 23 heavy (non-hydrogen) atoms. The van der Waals surface area contributed by atoms with E-state index in [0.29, 0.717) is 42.7 Å². The minimum absolute atomic E-state index is 0.0105. The van der Waals surface area contributed by atoms with Crippen molar-refractivity contribution in [3.05, 3.63) is 23.3 Å². The first-order valence-corrected chi connectivity index (χ1v) is 7.72. The lowest BCUT2D eigenvalue weighted by Crippen LogP contribution is -2.38. The highest BCUT2D eigenvalue weighted by molar-refractivity contribution is 5.95. The van der Waals surface area contributed by atoms with Crippen LogP contribution < -0.4 is 14.8 Å². The molecule has 1 amide bonds. The molecule has 0 aliphatic heterocycles. The number of carbonyl (C=O) groups is 2. The van der Waals surface area contributed by atoms with Gasteiger partial charge in [0.2, 0.25) is 0 Å². The molecule has 1 aromatic rings. The molecule has 1 aromatic carbocycles. The Bertz CT molecular complexity index is 566. The van der Waals surface area contributed by atoms with E-state index in [1.807, 2.05) is 6.92 Å². The van der Waals surface area contributed by atoms with Gasteiger partial charge in [-0.3, -0.25) is 9.59 Å². The Morgan fingerprint density at radius 2 is 1.61 bits per heavy atom. The monoisotopic (exact) mass is 321 g/mol. The van der Waals surface area contributed by atoms with Crippen molar-refractivity contribution < 1.29 is 24.2 Å². The fourth-order valence-corrected chi connectivity index (χ4v) is 2.97. The van der Waals surface area contributed by atoms with Crippen molar-refractivity contribution in [2.24, 2.45) is 5.92 Å². The van der Waals surface area contributed by atoms with Gasteiger partial charge in [0.15, 0.2) is 0 Å². The van der Waals surface area contributed by atoms with Crippen molar-refractivity contribution in [1.82, 2.24) is 5.32 Å². The van der Waals surface area contributed by atoms with Gasteiger partial charge in [0.05, 0.1) is 20.1 Å². The third-order valence-corrected chi connectivity index (χ3v) is 4.43. The van der Waals surface area contributed by atoms with Crippen LogP contribution in [0.1, 0.15) is 41.6 Å². The number of benzene rings is 1. The summed E-state index contributed by atoms with van der Waals surface area (Å²) >= 11 is 0. The second-order valence-electron chi connectivity index (χ2n) is 5.87. The lowest BCUT2D eigenvalue weighted by atomic mass is 9.86. The SMILES string of the molecule is COc1cc(C(=O)NC2CCC(C(=O)O)CC2)cc(OC)c1C. The smallest absolute Gasteiger partial charge is 0.306 e. The van der Waals surface area contributed by atoms with Gasteiger partial charge in [-0.05, 0) is 44.7 Å². The van der Waals surface area contributed by atoms with E-state index < -0.39 is 5.97 Å². The normalized spacial score (nSPS) is 20.7. The molecule has 1 saturated carbocycles. The number of amides is 1. The van der Waals surface area contributed by atoms with Crippen LogP contribution >= 0.6 is 0 Å². The molecule has 6 nitrogen and oxygen atoms in total. The summed E-state index contributed by atoms with van der Waals surface area (Å²) in [6.45, 7) is 1.87. The third-order valence-electron chi connectivity index (χ3n) is 4.43. The summed E-state index contributed by atoms with van der Waals surface area (Å²) in [7, 11) is 3.10. The first-order chi connectivity index (χ1) is 11.0. The number of carboxylic acid groups (broad SMARTS) is 1. The summed E-state index contributed by atoms with van der Waals surface area (Å²) < 4.78 is 10.6. The van der Waals surface area contributed by atoms with Crippen molar-refractivity contribution in [2.75, 3.05) is 14.2 Å². The molecule has 0 radical (unpaired) electrons. The molecular formula is C17H23NO5. The van der Waals surface area contributed by atoms with Crippen molar-refractivity contribution in [2.45, 2.75) is 38.6 Å². The number of hydrogen-bond donors (Lipinski definition) is 2. The van der Waals surface area contributed by atoms with E-state index in [0.717, 1.165) is 5.56 Å². The molecule has 0 atom stereocenters. The summed E-state index contributed by atoms with van der Waals surface area (Å²) in [6, 6.07) is 3.39. The zero-order valence-electron chi connectivity index (χ0n) is 13.7. The Kier molecular flexibility index (Phi) is 5.47. The molecule has 0 unspecified atom stereocenters. The Balaban J connectivity index is 2.05. The first-order valence-electron chi connectivity index (χ1n) is 7.72.